The largest absolute Gasteiger partial charge is 0.352 e. The molecule has 0 aromatic heterocycles. The fourth-order valence-electron chi connectivity index (χ4n) is 0.883. The van der Waals surface area contributed by atoms with Gasteiger partial charge in [0.1, 0.15) is 6.04 Å². The summed E-state index contributed by atoms with van der Waals surface area (Å²) in [6.07, 6.45) is 8.32. The third-order valence-electron chi connectivity index (χ3n) is 1.35. The minimum Gasteiger partial charge on any atom is -0.352 e. The molecular formula is C6H12N+. The van der Waals surface area contributed by atoms with Crippen molar-refractivity contribution >= 4 is 0 Å². The van der Waals surface area contributed by atoms with Crippen LogP contribution in [0.4, 0.5) is 0 Å². The van der Waals surface area contributed by atoms with Gasteiger partial charge in [-0.15, -0.1) is 0 Å². The maximum Gasteiger partial charge on any atom is 0.103 e. The van der Waals surface area contributed by atoms with Gasteiger partial charge in [-0.2, -0.15) is 0 Å². The summed E-state index contributed by atoms with van der Waals surface area (Å²) in [4.78, 5) is 0. The number of rotatable bonds is 0. The predicted octanol–water partition coefficient (Wildman–Crippen LogP) is 0.337. The minimum absolute atomic E-state index is 0.605. The molecule has 1 aliphatic rings. The van der Waals surface area contributed by atoms with Crippen molar-refractivity contribution in [2.45, 2.75) is 25.3 Å². The Hall–Kier alpha value is -0.300. The van der Waals surface area contributed by atoms with Crippen LogP contribution in [0.1, 0.15) is 19.3 Å². The molecule has 1 heteroatoms. The van der Waals surface area contributed by atoms with Gasteiger partial charge in [-0.25, -0.2) is 0 Å². The van der Waals surface area contributed by atoms with Gasteiger partial charge in [0.15, 0.2) is 0 Å². The van der Waals surface area contributed by atoms with Crippen LogP contribution >= 0.6 is 0 Å². The first-order valence-corrected chi connectivity index (χ1v) is 2.89. The van der Waals surface area contributed by atoms with E-state index in [1.54, 1.807) is 0 Å². The van der Waals surface area contributed by atoms with Crippen molar-refractivity contribution in [1.29, 1.82) is 0 Å². The van der Waals surface area contributed by atoms with Crippen LogP contribution in [0.3, 0.4) is 0 Å². The van der Waals surface area contributed by atoms with Crippen molar-refractivity contribution in [2.24, 2.45) is 0 Å². The Labute approximate surface area is 44.2 Å². The van der Waals surface area contributed by atoms with Crippen molar-refractivity contribution in [3.05, 3.63) is 12.2 Å². The first-order chi connectivity index (χ1) is 3.39. The molecule has 1 rings (SSSR count). The summed E-state index contributed by atoms with van der Waals surface area (Å²) in [7, 11) is 0. The number of allylic oxidation sites excluding steroid dienone is 1. The highest BCUT2D eigenvalue weighted by Gasteiger charge is 2.02. The lowest BCUT2D eigenvalue weighted by molar-refractivity contribution is -0.405. The van der Waals surface area contributed by atoms with Gasteiger partial charge in [0.2, 0.25) is 0 Å². The smallest absolute Gasteiger partial charge is 0.103 e. The summed E-state index contributed by atoms with van der Waals surface area (Å²) < 4.78 is 0. The molecule has 1 nitrogen and oxygen atoms in total. The second-order valence-electron chi connectivity index (χ2n) is 2.12. The fraction of sp³-hybridized carbons (Fsp3) is 0.667. The summed E-state index contributed by atoms with van der Waals surface area (Å²) in [5.74, 6) is 0. The highest BCUT2D eigenvalue weighted by molar-refractivity contribution is 4.91. The molecule has 0 heterocycles. The minimum atomic E-state index is 0.605. The van der Waals surface area contributed by atoms with Crippen LogP contribution in [0.5, 0.6) is 0 Å². The predicted molar refractivity (Wildman–Crippen MR) is 29.7 cm³/mol. The van der Waals surface area contributed by atoms with E-state index in [4.69, 9.17) is 0 Å². The Morgan fingerprint density at radius 1 is 1.57 bits per heavy atom. The third-order valence-corrected chi connectivity index (χ3v) is 1.35. The summed E-state index contributed by atoms with van der Waals surface area (Å²) >= 11 is 0. The Bertz CT molecular complexity index is 76.2. The van der Waals surface area contributed by atoms with E-state index < -0.39 is 0 Å². The summed E-state index contributed by atoms with van der Waals surface area (Å²) in [6.45, 7) is 0. The number of quaternary nitrogens is 1. The summed E-state index contributed by atoms with van der Waals surface area (Å²) in [5, 5.41) is 0. The Morgan fingerprint density at radius 3 is 2.71 bits per heavy atom. The number of hydrogen-bond acceptors (Lipinski definition) is 0. The molecule has 1 aliphatic carbocycles. The fourth-order valence-corrected chi connectivity index (χ4v) is 0.883. The molecule has 0 saturated heterocycles. The van der Waals surface area contributed by atoms with Crippen LogP contribution in [-0.4, -0.2) is 6.04 Å². The van der Waals surface area contributed by atoms with E-state index in [1.165, 1.54) is 19.3 Å². The van der Waals surface area contributed by atoms with E-state index >= 15 is 0 Å². The van der Waals surface area contributed by atoms with Crippen molar-refractivity contribution in [2.75, 3.05) is 0 Å². The Balaban J connectivity index is 2.36. The first kappa shape index (κ1) is 4.85. The molecule has 0 aromatic carbocycles. The molecule has 0 radical (unpaired) electrons. The average molecular weight is 98.2 g/mol. The van der Waals surface area contributed by atoms with Crippen molar-refractivity contribution < 1.29 is 5.73 Å². The van der Waals surface area contributed by atoms with E-state index in [2.05, 4.69) is 17.9 Å². The highest BCUT2D eigenvalue weighted by Crippen LogP contribution is 2.05. The molecule has 0 spiro atoms. The summed E-state index contributed by atoms with van der Waals surface area (Å²) in [6, 6.07) is 0.605. The monoisotopic (exact) mass is 98.1 g/mol. The molecule has 0 bridgehead atoms. The molecule has 1 unspecified atom stereocenters. The first-order valence-electron chi connectivity index (χ1n) is 2.89. The molecule has 3 N–H and O–H groups in total. The van der Waals surface area contributed by atoms with E-state index in [1.807, 2.05) is 0 Å². The normalized spacial score (nSPS) is 30.7. The van der Waals surface area contributed by atoms with Gasteiger partial charge >= 0.3 is 0 Å². The average Bonchev–Trinajstić information content (AvgIpc) is 1.69. The van der Waals surface area contributed by atoms with Gasteiger partial charge in [-0.05, 0) is 18.9 Å². The Morgan fingerprint density at radius 2 is 2.43 bits per heavy atom. The van der Waals surface area contributed by atoms with Gasteiger partial charge < -0.3 is 5.73 Å². The summed E-state index contributed by atoms with van der Waals surface area (Å²) in [5.41, 5.74) is 3.91. The SMILES string of the molecule is [NH3+]C1C=CCCC1. The lowest BCUT2D eigenvalue weighted by Gasteiger charge is -2.05. The molecule has 1 atom stereocenters. The standard InChI is InChI=1S/C6H11N/c7-6-4-2-1-3-5-6/h2,4,6H,1,3,5,7H2/p+1. The number of hydrogen-bond donors (Lipinski definition) is 1. The molecule has 0 aliphatic heterocycles. The molecule has 0 aromatic rings. The second kappa shape index (κ2) is 2.12. The zero-order chi connectivity index (χ0) is 5.11. The van der Waals surface area contributed by atoms with Crippen LogP contribution in [0.2, 0.25) is 0 Å². The molecule has 0 saturated carbocycles. The van der Waals surface area contributed by atoms with Gasteiger partial charge in [0.25, 0.3) is 0 Å². The van der Waals surface area contributed by atoms with E-state index in [9.17, 15) is 0 Å². The zero-order valence-electron chi connectivity index (χ0n) is 4.56. The van der Waals surface area contributed by atoms with Gasteiger partial charge in [0.05, 0.1) is 0 Å². The third kappa shape index (κ3) is 1.32. The van der Waals surface area contributed by atoms with E-state index in [0.717, 1.165) is 0 Å². The van der Waals surface area contributed by atoms with Gasteiger partial charge in [-0.1, -0.05) is 6.08 Å². The lowest BCUT2D eigenvalue weighted by atomic mass is 10.0. The maximum absolute atomic E-state index is 3.91. The van der Waals surface area contributed by atoms with Gasteiger partial charge in [-0.3, -0.25) is 0 Å². The van der Waals surface area contributed by atoms with Crippen LogP contribution in [0, 0.1) is 0 Å². The van der Waals surface area contributed by atoms with Crippen LogP contribution in [0.15, 0.2) is 12.2 Å². The molecule has 0 fully saturated rings. The van der Waals surface area contributed by atoms with Crippen molar-refractivity contribution in [3.8, 4) is 0 Å². The highest BCUT2D eigenvalue weighted by atomic mass is 14.6. The van der Waals surface area contributed by atoms with Crippen LogP contribution in [0.25, 0.3) is 0 Å². The molecule has 40 valence electrons. The lowest BCUT2D eigenvalue weighted by Crippen LogP contribution is -2.60. The molecule has 7 heavy (non-hydrogen) atoms. The second-order valence-corrected chi connectivity index (χ2v) is 2.12. The van der Waals surface area contributed by atoms with E-state index in [0.29, 0.717) is 6.04 Å². The molecule has 0 amide bonds. The van der Waals surface area contributed by atoms with Crippen LogP contribution < -0.4 is 5.73 Å². The quantitative estimate of drug-likeness (QED) is 0.423. The topological polar surface area (TPSA) is 27.6 Å². The Kier molecular flexibility index (Phi) is 1.47. The van der Waals surface area contributed by atoms with E-state index in [-0.39, 0.29) is 0 Å². The molecular weight excluding hydrogens is 86.1 g/mol. The van der Waals surface area contributed by atoms with Crippen molar-refractivity contribution in [1.82, 2.24) is 0 Å². The maximum atomic E-state index is 3.91. The van der Waals surface area contributed by atoms with Gasteiger partial charge in [0, 0.05) is 6.42 Å². The zero-order valence-corrected chi connectivity index (χ0v) is 4.56. The van der Waals surface area contributed by atoms with Crippen molar-refractivity contribution in [3.63, 3.8) is 0 Å². The van der Waals surface area contributed by atoms with Crippen LogP contribution in [-0.2, 0) is 0 Å².